The third-order valence-electron chi connectivity index (χ3n) is 4.78. The van der Waals surface area contributed by atoms with Gasteiger partial charge in [0, 0.05) is 30.4 Å². The van der Waals surface area contributed by atoms with Crippen LogP contribution in [0.5, 0.6) is 0 Å². The number of halogens is 2. The van der Waals surface area contributed by atoms with Gasteiger partial charge in [-0.3, -0.25) is 4.79 Å². The highest BCUT2D eigenvalue weighted by Gasteiger charge is 2.23. The Bertz CT molecular complexity index is 872. The summed E-state index contributed by atoms with van der Waals surface area (Å²) in [5.41, 5.74) is 2.97. The van der Waals surface area contributed by atoms with Crippen LogP contribution >= 0.6 is 35.6 Å². The largest absolute Gasteiger partial charge is 0.368 e. The lowest BCUT2D eigenvalue weighted by Crippen LogP contribution is -2.38. The Morgan fingerprint density at radius 3 is 2.71 bits per heavy atom. The van der Waals surface area contributed by atoms with Crippen molar-refractivity contribution in [1.82, 2.24) is 10.6 Å². The molecule has 0 radical (unpaired) electrons. The lowest BCUT2D eigenvalue weighted by molar-refractivity contribution is -0.124. The summed E-state index contributed by atoms with van der Waals surface area (Å²) in [6.45, 7) is 4.74. The van der Waals surface area contributed by atoms with E-state index in [2.05, 4.69) is 27.0 Å². The number of benzene rings is 2. The summed E-state index contributed by atoms with van der Waals surface area (Å²) in [6, 6.07) is 15.6. The van der Waals surface area contributed by atoms with Gasteiger partial charge in [-0.25, -0.2) is 4.99 Å². The molecular weight excluding hydrogens is 527 g/mol. The van der Waals surface area contributed by atoms with Crippen LogP contribution in [0.15, 0.2) is 53.5 Å². The molecule has 3 N–H and O–H groups in total. The average Bonchev–Trinajstić information content (AvgIpc) is 3.27. The van der Waals surface area contributed by atoms with Crippen molar-refractivity contribution in [3.63, 3.8) is 0 Å². The van der Waals surface area contributed by atoms with E-state index in [0.29, 0.717) is 13.2 Å². The predicted octanol–water partition coefficient (Wildman–Crippen LogP) is 4.37. The number of ether oxygens (including phenoxy) is 1. The lowest BCUT2D eigenvalue weighted by atomic mass is 10.1. The van der Waals surface area contributed by atoms with Gasteiger partial charge in [-0.15, -0.1) is 24.0 Å². The van der Waals surface area contributed by atoms with Crippen molar-refractivity contribution in [2.45, 2.75) is 38.8 Å². The number of nitrogens with one attached hydrogen (secondary N) is 3. The van der Waals surface area contributed by atoms with E-state index in [0.717, 1.165) is 54.6 Å². The summed E-state index contributed by atoms with van der Waals surface area (Å²) in [5, 5.41) is 10.3. The Hall–Kier alpha value is -1.84. The van der Waals surface area contributed by atoms with E-state index < -0.39 is 0 Å². The fraction of sp³-hybridized carbons (Fsp3) is 0.391. The van der Waals surface area contributed by atoms with E-state index in [-0.39, 0.29) is 36.0 Å². The molecule has 8 heteroatoms. The Labute approximate surface area is 206 Å². The molecule has 2 aromatic rings. The second-order valence-electron chi connectivity index (χ2n) is 7.19. The van der Waals surface area contributed by atoms with Crippen molar-refractivity contribution < 1.29 is 9.53 Å². The quantitative estimate of drug-likeness (QED) is 0.256. The van der Waals surface area contributed by atoms with E-state index in [4.69, 9.17) is 16.3 Å². The standard InChI is InChI=1S/C23H29ClN4O2.HI/c1-2-25-23(26-12-11-17-6-3-8-19(24)14-17)27-16-18-7-4-9-20(15-18)28-22(29)21-10-5-13-30-21;/h3-4,6-9,14-15,21H,2,5,10-13,16H2,1H3,(H,28,29)(H2,25,26,27);1H. The second kappa shape index (κ2) is 13.5. The molecule has 1 heterocycles. The van der Waals surface area contributed by atoms with Crippen molar-refractivity contribution in [2.24, 2.45) is 4.99 Å². The number of rotatable bonds is 8. The topological polar surface area (TPSA) is 74.8 Å². The van der Waals surface area contributed by atoms with Crippen molar-refractivity contribution in [2.75, 3.05) is 25.0 Å². The highest BCUT2D eigenvalue weighted by Crippen LogP contribution is 2.16. The smallest absolute Gasteiger partial charge is 0.253 e. The van der Waals surface area contributed by atoms with Gasteiger partial charge in [-0.05, 0) is 61.6 Å². The minimum atomic E-state index is -0.337. The molecule has 6 nitrogen and oxygen atoms in total. The van der Waals surface area contributed by atoms with Gasteiger partial charge in [0.05, 0.1) is 6.54 Å². The maximum absolute atomic E-state index is 12.2. The molecule has 168 valence electrons. The molecule has 1 aliphatic heterocycles. The van der Waals surface area contributed by atoms with Gasteiger partial charge in [0.25, 0.3) is 5.91 Å². The maximum atomic E-state index is 12.2. The van der Waals surface area contributed by atoms with Crippen molar-refractivity contribution in [3.05, 3.63) is 64.7 Å². The van der Waals surface area contributed by atoms with Crippen LogP contribution in [0.2, 0.25) is 5.02 Å². The van der Waals surface area contributed by atoms with E-state index in [1.165, 1.54) is 5.56 Å². The number of hydrogen-bond acceptors (Lipinski definition) is 3. The van der Waals surface area contributed by atoms with Crippen molar-refractivity contribution >= 4 is 53.1 Å². The zero-order valence-corrected chi connectivity index (χ0v) is 20.8. The van der Waals surface area contributed by atoms with E-state index in [1.54, 1.807) is 0 Å². The maximum Gasteiger partial charge on any atom is 0.253 e. The first-order valence-electron chi connectivity index (χ1n) is 10.4. The molecule has 0 aromatic heterocycles. The fourth-order valence-electron chi connectivity index (χ4n) is 3.28. The first-order valence-corrected chi connectivity index (χ1v) is 10.8. The van der Waals surface area contributed by atoms with Crippen molar-refractivity contribution in [3.8, 4) is 0 Å². The Kier molecular flexibility index (Phi) is 11.1. The molecule has 0 spiro atoms. The zero-order valence-electron chi connectivity index (χ0n) is 17.7. The minimum Gasteiger partial charge on any atom is -0.368 e. The monoisotopic (exact) mass is 556 g/mol. The summed E-state index contributed by atoms with van der Waals surface area (Å²) >= 11 is 6.05. The summed E-state index contributed by atoms with van der Waals surface area (Å²) in [5.74, 6) is 0.678. The Morgan fingerprint density at radius 2 is 1.97 bits per heavy atom. The fourth-order valence-corrected chi connectivity index (χ4v) is 3.50. The van der Waals surface area contributed by atoms with Gasteiger partial charge >= 0.3 is 0 Å². The molecule has 1 unspecified atom stereocenters. The van der Waals surface area contributed by atoms with Gasteiger partial charge in [0.1, 0.15) is 6.10 Å². The summed E-state index contributed by atoms with van der Waals surface area (Å²) in [6.07, 6.45) is 2.23. The minimum absolute atomic E-state index is 0. The van der Waals surface area contributed by atoms with Gasteiger partial charge in [-0.1, -0.05) is 35.9 Å². The molecule has 1 amide bonds. The molecule has 0 saturated carbocycles. The third kappa shape index (κ3) is 8.66. The number of carbonyl (C=O) groups is 1. The van der Waals surface area contributed by atoms with Crippen molar-refractivity contribution in [1.29, 1.82) is 0 Å². The van der Waals surface area contributed by atoms with E-state index in [9.17, 15) is 4.79 Å². The zero-order chi connectivity index (χ0) is 21.2. The Balaban J connectivity index is 0.00000341. The highest BCUT2D eigenvalue weighted by molar-refractivity contribution is 14.0. The number of nitrogens with zero attached hydrogens (tertiary/aromatic N) is 1. The van der Waals surface area contributed by atoms with Crippen LogP contribution < -0.4 is 16.0 Å². The highest BCUT2D eigenvalue weighted by atomic mass is 127. The molecule has 3 rings (SSSR count). The summed E-state index contributed by atoms with van der Waals surface area (Å²) in [7, 11) is 0. The molecule has 1 saturated heterocycles. The van der Waals surface area contributed by atoms with E-state index in [1.807, 2.05) is 49.4 Å². The predicted molar refractivity (Wildman–Crippen MR) is 137 cm³/mol. The first-order chi connectivity index (χ1) is 14.6. The first kappa shape index (κ1) is 25.4. The molecule has 1 fully saturated rings. The number of guanidine groups is 1. The molecule has 2 aromatic carbocycles. The second-order valence-corrected chi connectivity index (χ2v) is 7.63. The van der Waals surface area contributed by atoms with Crippen LogP contribution in [0.4, 0.5) is 5.69 Å². The van der Waals surface area contributed by atoms with Crippen LogP contribution in [0.25, 0.3) is 0 Å². The van der Waals surface area contributed by atoms with Gasteiger partial charge in [0.2, 0.25) is 0 Å². The van der Waals surface area contributed by atoms with Crippen LogP contribution in [0.3, 0.4) is 0 Å². The number of hydrogen-bond donors (Lipinski definition) is 3. The molecule has 1 atom stereocenters. The van der Waals surface area contributed by atoms with E-state index >= 15 is 0 Å². The Morgan fingerprint density at radius 1 is 1.16 bits per heavy atom. The number of aliphatic imine (C=N–C) groups is 1. The van der Waals surface area contributed by atoms with Crippen LogP contribution in [-0.4, -0.2) is 37.7 Å². The van der Waals surface area contributed by atoms with Gasteiger partial charge in [-0.2, -0.15) is 0 Å². The van der Waals surface area contributed by atoms with Crippen LogP contribution in [0, 0.1) is 0 Å². The molecular formula is C23H30ClIN4O2. The number of carbonyl (C=O) groups excluding carboxylic acids is 1. The molecule has 0 bridgehead atoms. The third-order valence-corrected chi connectivity index (χ3v) is 5.01. The molecule has 31 heavy (non-hydrogen) atoms. The molecule has 1 aliphatic rings. The molecule has 0 aliphatic carbocycles. The average molecular weight is 557 g/mol. The number of amides is 1. The number of anilines is 1. The van der Waals surface area contributed by atoms with Crippen LogP contribution in [0.1, 0.15) is 30.9 Å². The van der Waals surface area contributed by atoms with Gasteiger partial charge in [0.15, 0.2) is 5.96 Å². The van der Waals surface area contributed by atoms with Crippen LogP contribution in [-0.2, 0) is 22.5 Å². The lowest BCUT2D eigenvalue weighted by Gasteiger charge is -2.12. The normalized spacial score (nSPS) is 15.8. The summed E-state index contributed by atoms with van der Waals surface area (Å²) in [4.78, 5) is 16.9. The summed E-state index contributed by atoms with van der Waals surface area (Å²) < 4.78 is 5.44. The SMILES string of the molecule is CCNC(=NCc1cccc(NC(=O)C2CCCO2)c1)NCCc1cccc(Cl)c1.I. The van der Waals surface area contributed by atoms with Gasteiger partial charge < -0.3 is 20.7 Å².